The van der Waals surface area contributed by atoms with Crippen LogP contribution in [0.2, 0.25) is 0 Å². The lowest BCUT2D eigenvalue weighted by atomic mass is 10.1. The van der Waals surface area contributed by atoms with Gasteiger partial charge in [-0.3, -0.25) is 4.99 Å². The molecule has 0 spiro atoms. The lowest BCUT2D eigenvalue weighted by Gasteiger charge is -2.04. The summed E-state index contributed by atoms with van der Waals surface area (Å²) in [6, 6.07) is 16.5. The largest absolute Gasteiger partial charge is 0.257 e. The molecule has 1 atom stereocenters. The molecule has 1 aliphatic heterocycles. The zero-order chi connectivity index (χ0) is 13.9. The summed E-state index contributed by atoms with van der Waals surface area (Å²) in [6.45, 7) is 0. The molecule has 2 aromatic carbocycles. The zero-order valence-corrected chi connectivity index (χ0v) is 13.8. The number of amidine groups is 1. The molecule has 0 saturated heterocycles. The van der Waals surface area contributed by atoms with Gasteiger partial charge < -0.3 is 0 Å². The first-order valence-corrected chi connectivity index (χ1v) is 7.92. The van der Waals surface area contributed by atoms with Gasteiger partial charge >= 0.3 is 0 Å². The molecule has 0 radical (unpaired) electrons. The maximum atomic E-state index is 4.69. The number of hydrogen-bond donors (Lipinski definition) is 0. The van der Waals surface area contributed by atoms with Gasteiger partial charge in [-0.1, -0.05) is 62.2 Å². The van der Waals surface area contributed by atoms with Crippen LogP contribution in [0.1, 0.15) is 11.1 Å². The van der Waals surface area contributed by atoms with Crippen LogP contribution in [0.3, 0.4) is 0 Å². The molecule has 0 aromatic heterocycles. The normalized spacial score (nSPS) is 17.3. The minimum Gasteiger partial charge on any atom is -0.257 e. The van der Waals surface area contributed by atoms with E-state index in [-0.39, 0.29) is 6.04 Å². The van der Waals surface area contributed by atoms with Crippen molar-refractivity contribution < 1.29 is 0 Å². The quantitative estimate of drug-likeness (QED) is 0.727. The van der Waals surface area contributed by atoms with E-state index < -0.39 is 0 Å². The summed E-state index contributed by atoms with van der Waals surface area (Å²) < 4.78 is 2.12. The van der Waals surface area contributed by atoms with Gasteiger partial charge in [-0.15, -0.1) is 0 Å². The SMILES string of the molecule is Brc1ccc(CC2C=NC(c3ccccc3Br)=N2)cc1. The molecule has 100 valence electrons. The van der Waals surface area contributed by atoms with Crippen molar-refractivity contribution in [2.45, 2.75) is 12.5 Å². The first-order valence-electron chi connectivity index (χ1n) is 6.34. The molecule has 1 heterocycles. The van der Waals surface area contributed by atoms with Crippen LogP contribution in [-0.4, -0.2) is 18.1 Å². The van der Waals surface area contributed by atoms with Gasteiger partial charge in [0.05, 0.1) is 6.04 Å². The second-order valence-corrected chi connectivity index (χ2v) is 6.38. The van der Waals surface area contributed by atoms with Crippen LogP contribution in [0.4, 0.5) is 0 Å². The molecule has 0 N–H and O–H groups in total. The van der Waals surface area contributed by atoms with Crippen molar-refractivity contribution >= 4 is 43.9 Å². The monoisotopic (exact) mass is 390 g/mol. The number of nitrogens with zero attached hydrogens (tertiary/aromatic N) is 2. The average Bonchev–Trinajstić information content (AvgIpc) is 2.90. The maximum Gasteiger partial charge on any atom is 0.156 e. The molecular weight excluding hydrogens is 380 g/mol. The summed E-state index contributed by atoms with van der Waals surface area (Å²) in [5.41, 5.74) is 2.31. The van der Waals surface area contributed by atoms with Crippen LogP contribution >= 0.6 is 31.9 Å². The Balaban J connectivity index is 1.77. The summed E-state index contributed by atoms with van der Waals surface area (Å²) in [6.07, 6.45) is 2.81. The van der Waals surface area contributed by atoms with Gasteiger partial charge in [-0.05, 0) is 30.2 Å². The summed E-state index contributed by atoms with van der Waals surface area (Å²) in [5, 5.41) is 0. The third-order valence-electron chi connectivity index (χ3n) is 3.13. The number of aliphatic imine (C=N–C) groups is 2. The third-order valence-corrected chi connectivity index (χ3v) is 4.35. The molecule has 20 heavy (non-hydrogen) atoms. The fourth-order valence-electron chi connectivity index (χ4n) is 2.12. The van der Waals surface area contributed by atoms with E-state index in [9.17, 15) is 0 Å². The predicted octanol–water partition coefficient (Wildman–Crippen LogP) is 4.65. The van der Waals surface area contributed by atoms with Crippen LogP contribution in [0.25, 0.3) is 0 Å². The van der Waals surface area contributed by atoms with Gasteiger partial charge in [-0.25, -0.2) is 4.99 Å². The van der Waals surface area contributed by atoms with Gasteiger partial charge in [0, 0.05) is 20.7 Å². The highest BCUT2D eigenvalue weighted by molar-refractivity contribution is 9.10. The number of halogens is 2. The van der Waals surface area contributed by atoms with E-state index in [1.54, 1.807) is 0 Å². The Morgan fingerprint density at radius 1 is 0.950 bits per heavy atom. The summed E-state index contributed by atoms with van der Waals surface area (Å²) in [5.74, 6) is 0.805. The fraction of sp³-hybridized carbons (Fsp3) is 0.125. The molecular formula is C16H12Br2N2. The smallest absolute Gasteiger partial charge is 0.156 e. The van der Waals surface area contributed by atoms with Gasteiger partial charge in [0.1, 0.15) is 0 Å². The van der Waals surface area contributed by atoms with Gasteiger partial charge in [0.25, 0.3) is 0 Å². The van der Waals surface area contributed by atoms with Crippen molar-refractivity contribution in [1.29, 1.82) is 0 Å². The average molecular weight is 392 g/mol. The minimum atomic E-state index is 0.123. The van der Waals surface area contributed by atoms with E-state index in [2.05, 4.69) is 66.1 Å². The highest BCUT2D eigenvalue weighted by Crippen LogP contribution is 2.21. The summed E-state index contributed by atoms with van der Waals surface area (Å²) >= 11 is 6.99. The van der Waals surface area contributed by atoms with Crippen molar-refractivity contribution in [3.8, 4) is 0 Å². The highest BCUT2D eigenvalue weighted by Gasteiger charge is 2.16. The van der Waals surface area contributed by atoms with Crippen LogP contribution in [-0.2, 0) is 6.42 Å². The van der Waals surface area contributed by atoms with Crippen LogP contribution in [0.5, 0.6) is 0 Å². The number of rotatable bonds is 3. The molecule has 1 aliphatic rings. The van der Waals surface area contributed by atoms with Crippen LogP contribution in [0.15, 0.2) is 67.5 Å². The van der Waals surface area contributed by atoms with Crippen molar-refractivity contribution in [2.75, 3.05) is 0 Å². The second kappa shape index (κ2) is 6.02. The molecule has 0 saturated carbocycles. The first kappa shape index (κ1) is 13.7. The fourth-order valence-corrected chi connectivity index (χ4v) is 2.85. The Morgan fingerprint density at radius 3 is 2.45 bits per heavy atom. The lowest BCUT2D eigenvalue weighted by molar-refractivity contribution is 0.879. The predicted molar refractivity (Wildman–Crippen MR) is 90.8 cm³/mol. The Morgan fingerprint density at radius 2 is 1.70 bits per heavy atom. The Kier molecular flexibility index (Phi) is 4.13. The van der Waals surface area contributed by atoms with Gasteiger partial charge in [0.15, 0.2) is 5.84 Å². The van der Waals surface area contributed by atoms with E-state index in [0.717, 1.165) is 26.8 Å². The molecule has 2 nitrogen and oxygen atoms in total. The third kappa shape index (κ3) is 3.07. The van der Waals surface area contributed by atoms with E-state index in [1.807, 2.05) is 30.5 Å². The van der Waals surface area contributed by atoms with Crippen molar-refractivity contribution in [1.82, 2.24) is 0 Å². The first-order chi connectivity index (χ1) is 9.72. The Bertz CT molecular complexity index is 675. The molecule has 3 rings (SSSR count). The highest BCUT2D eigenvalue weighted by atomic mass is 79.9. The Hall–Kier alpha value is -1.26. The standard InChI is InChI=1S/C16H12Br2N2/c17-12-7-5-11(6-8-12)9-13-10-19-16(20-13)14-3-1-2-4-15(14)18/h1-8,10,13H,9H2. The van der Waals surface area contributed by atoms with Crippen LogP contribution < -0.4 is 0 Å². The summed E-state index contributed by atoms with van der Waals surface area (Å²) in [7, 11) is 0. The van der Waals surface area contributed by atoms with E-state index in [4.69, 9.17) is 0 Å². The second-order valence-electron chi connectivity index (χ2n) is 4.61. The zero-order valence-electron chi connectivity index (χ0n) is 10.6. The minimum absolute atomic E-state index is 0.123. The molecule has 0 amide bonds. The maximum absolute atomic E-state index is 4.69. The molecule has 2 aromatic rings. The number of hydrogen-bond acceptors (Lipinski definition) is 2. The summed E-state index contributed by atoms with van der Waals surface area (Å²) in [4.78, 5) is 9.14. The molecule has 4 heteroatoms. The van der Waals surface area contributed by atoms with E-state index in [1.165, 1.54) is 5.56 Å². The van der Waals surface area contributed by atoms with E-state index in [0.29, 0.717) is 0 Å². The van der Waals surface area contributed by atoms with Crippen molar-refractivity contribution in [3.05, 3.63) is 68.6 Å². The Labute approximate surface area is 134 Å². The van der Waals surface area contributed by atoms with Crippen molar-refractivity contribution in [2.24, 2.45) is 9.98 Å². The molecule has 0 bridgehead atoms. The van der Waals surface area contributed by atoms with E-state index >= 15 is 0 Å². The topological polar surface area (TPSA) is 24.7 Å². The van der Waals surface area contributed by atoms with Crippen molar-refractivity contribution in [3.63, 3.8) is 0 Å². The lowest BCUT2D eigenvalue weighted by Crippen LogP contribution is -2.07. The van der Waals surface area contributed by atoms with Crippen LogP contribution in [0, 0.1) is 0 Å². The van der Waals surface area contributed by atoms with Gasteiger partial charge in [-0.2, -0.15) is 0 Å². The molecule has 1 unspecified atom stereocenters. The molecule has 0 aliphatic carbocycles. The molecule has 0 fully saturated rings. The number of benzene rings is 2. The van der Waals surface area contributed by atoms with Gasteiger partial charge in [0.2, 0.25) is 0 Å².